The van der Waals surface area contributed by atoms with E-state index < -0.39 is 0 Å². The summed E-state index contributed by atoms with van der Waals surface area (Å²) in [7, 11) is 0. The van der Waals surface area contributed by atoms with E-state index >= 15 is 0 Å². The Labute approximate surface area is 163 Å². The van der Waals surface area contributed by atoms with Crippen LogP contribution in [0.2, 0.25) is 0 Å². The summed E-state index contributed by atoms with van der Waals surface area (Å²) in [5, 5.41) is 10.5. The maximum atomic E-state index is 4.84. The molecule has 1 aromatic carbocycles. The third kappa shape index (κ3) is 4.70. The second-order valence-electron chi connectivity index (χ2n) is 6.43. The highest BCUT2D eigenvalue weighted by molar-refractivity contribution is 7.09. The van der Waals surface area contributed by atoms with E-state index in [1.165, 1.54) is 16.0 Å². The third-order valence-electron chi connectivity index (χ3n) is 4.40. The summed E-state index contributed by atoms with van der Waals surface area (Å²) < 4.78 is 2.02. The minimum atomic E-state index is 0.767. The summed E-state index contributed by atoms with van der Waals surface area (Å²) in [6.45, 7) is 2.52. The largest absolute Gasteiger partial charge is 0.312 e. The Morgan fingerprint density at radius 1 is 1.00 bits per heavy atom. The zero-order valence-electron chi connectivity index (χ0n) is 15.1. The van der Waals surface area contributed by atoms with Crippen LogP contribution in [0.25, 0.3) is 11.3 Å². The Balaban J connectivity index is 1.49. The fourth-order valence-electron chi connectivity index (χ4n) is 3.08. The van der Waals surface area contributed by atoms with Crippen molar-refractivity contribution in [3.63, 3.8) is 0 Å². The van der Waals surface area contributed by atoms with Gasteiger partial charge in [-0.15, -0.1) is 11.3 Å². The van der Waals surface area contributed by atoms with Crippen molar-refractivity contribution in [1.29, 1.82) is 0 Å². The number of pyridine rings is 1. The highest BCUT2D eigenvalue weighted by Gasteiger charge is 2.11. The van der Waals surface area contributed by atoms with Crippen molar-refractivity contribution >= 4 is 11.3 Å². The first-order valence-electron chi connectivity index (χ1n) is 9.12. The van der Waals surface area contributed by atoms with E-state index in [-0.39, 0.29) is 0 Å². The SMILES string of the molecule is c1ccc(Cn2cc(CNCCc3cccs3)c(-c3cccnc3)n2)cc1. The minimum Gasteiger partial charge on any atom is -0.312 e. The summed E-state index contributed by atoms with van der Waals surface area (Å²) in [5.41, 5.74) is 4.50. The van der Waals surface area contributed by atoms with Crippen LogP contribution >= 0.6 is 11.3 Å². The lowest BCUT2D eigenvalue weighted by Crippen LogP contribution is -2.16. The molecule has 0 amide bonds. The van der Waals surface area contributed by atoms with E-state index in [1.807, 2.05) is 34.3 Å². The molecule has 0 fully saturated rings. The first-order chi connectivity index (χ1) is 13.4. The lowest BCUT2D eigenvalue weighted by molar-refractivity contribution is 0.677. The van der Waals surface area contributed by atoms with Gasteiger partial charge in [0.05, 0.1) is 12.2 Å². The number of thiophene rings is 1. The molecule has 4 nitrogen and oxygen atoms in total. The molecule has 1 N–H and O–H groups in total. The molecule has 0 saturated carbocycles. The van der Waals surface area contributed by atoms with Crippen molar-refractivity contribution in [3.05, 3.63) is 94.6 Å². The quantitative estimate of drug-likeness (QED) is 0.465. The number of nitrogens with one attached hydrogen (secondary N) is 1. The lowest BCUT2D eigenvalue weighted by atomic mass is 10.1. The number of benzene rings is 1. The molecule has 4 aromatic rings. The third-order valence-corrected chi connectivity index (χ3v) is 5.34. The topological polar surface area (TPSA) is 42.7 Å². The van der Waals surface area contributed by atoms with Gasteiger partial charge in [-0.2, -0.15) is 5.10 Å². The summed E-state index contributed by atoms with van der Waals surface area (Å²) in [5.74, 6) is 0. The summed E-state index contributed by atoms with van der Waals surface area (Å²) >= 11 is 1.81. The zero-order valence-corrected chi connectivity index (χ0v) is 15.9. The van der Waals surface area contributed by atoms with Crippen LogP contribution < -0.4 is 5.32 Å². The normalized spacial score (nSPS) is 11.0. The second-order valence-corrected chi connectivity index (χ2v) is 7.47. The summed E-state index contributed by atoms with van der Waals surface area (Å²) in [6.07, 6.45) is 6.87. The summed E-state index contributed by atoms with van der Waals surface area (Å²) in [4.78, 5) is 5.67. The van der Waals surface area contributed by atoms with Crippen LogP contribution in [0.4, 0.5) is 0 Å². The molecule has 5 heteroatoms. The molecule has 0 aliphatic rings. The molecule has 0 spiro atoms. The fraction of sp³-hybridized carbons (Fsp3) is 0.182. The first kappa shape index (κ1) is 17.6. The van der Waals surface area contributed by atoms with Crippen molar-refractivity contribution < 1.29 is 0 Å². The molecule has 4 rings (SSSR count). The average molecular weight is 375 g/mol. The van der Waals surface area contributed by atoms with E-state index in [9.17, 15) is 0 Å². The zero-order chi connectivity index (χ0) is 18.3. The van der Waals surface area contributed by atoms with E-state index in [0.29, 0.717) is 0 Å². The van der Waals surface area contributed by atoms with E-state index in [1.54, 1.807) is 6.20 Å². The van der Waals surface area contributed by atoms with Gasteiger partial charge in [0, 0.05) is 47.7 Å². The van der Waals surface area contributed by atoms with Gasteiger partial charge in [-0.25, -0.2) is 0 Å². The monoisotopic (exact) mass is 374 g/mol. The molecular weight excluding hydrogens is 352 g/mol. The summed E-state index contributed by atoms with van der Waals surface area (Å²) in [6, 6.07) is 18.7. The smallest absolute Gasteiger partial charge is 0.0983 e. The van der Waals surface area contributed by atoms with Gasteiger partial charge in [-0.1, -0.05) is 36.4 Å². The van der Waals surface area contributed by atoms with E-state index in [2.05, 4.69) is 64.3 Å². The molecule has 0 saturated heterocycles. The van der Waals surface area contributed by atoms with Gasteiger partial charge in [0.2, 0.25) is 0 Å². The van der Waals surface area contributed by atoms with Crippen molar-refractivity contribution in [1.82, 2.24) is 20.1 Å². The van der Waals surface area contributed by atoms with Gasteiger partial charge in [-0.3, -0.25) is 9.67 Å². The van der Waals surface area contributed by atoms with Crippen molar-refractivity contribution in [2.75, 3.05) is 6.54 Å². The second kappa shape index (κ2) is 8.75. The molecular formula is C22H22N4S. The molecule has 0 radical (unpaired) electrons. The van der Waals surface area contributed by atoms with E-state index in [4.69, 9.17) is 5.10 Å². The Morgan fingerprint density at radius 3 is 2.70 bits per heavy atom. The molecule has 3 heterocycles. The highest BCUT2D eigenvalue weighted by atomic mass is 32.1. The maximum absolute atomic E-state index is 4.84. The van der Waals surface area contributed by atoms with E-state index in [0.717, 1.165) is 37.3 Å². The molecule has 136 valence electrons. The van der Waals surface area contributed by atoms with Crippen LogP contribution in [-0.4, -0.2) is 21.3 Å². The predicted octanol–water partition coefficient (Wildman–Crippen LogP) is 4.39. The molecule has 3 aromatic heterocycles. The van der Waals surface area contributed by atoms with Crippen LogP contribution in [0.15, 0.2) is 78.6 Å². The first-order valence-corrected chi connectivity index (χ1v) is 10.0. The van der Waals surface area contributed by atoms with Crippen LogP contribution in [-0.2, 0) is 19.5 Å². The minimum absolute atomic E-state index is 0.767. The van der Waals surface area contributed by atoms with Gasteiger partial charge in [0.25, 0.3) is 0 Å². The fourth-order valence-corrected chi connectivity index (χ4v) is 3.79. The van der Waals surface area contributed by atoms with Gasteiger partial charge in [0.1, 0.15) is 0 Å². The number of aromatic nitrogens is 3. The highest BCUT2D eigenvalue weighted by Crippen LogP contribution is 2.21. The Bertz CT molecular complexity index is 947. The number of nitrogens with zero attached hydrogens (tertiary/aromatic N) is 3. The molecule has 0 aliphatic heterocycles. The van der Waals surface area contributed by atoms with Crippen LogP contribution in [0.5, 0.6) is 0 Å². The molecule has 0 unspecified atom stereocenters. The standard InChI is InChI=1S/C22H22N4S/c1-2-6-18(7-3-1)16-26-17-20(15-24-12-10-21-9-5-13-27-21)22(25-26)19-8-4-11-23-14-19/h1-9,11,13-14,17,24H,10,12,15-16H2. The van der Waals surface area contributed by atoms with Gasteiger partial charge < -0.3 is 5.32 Å². The van der Waals surface area contributed by atoms with Crippen molar-refractivity contribution in [3.8, 4) is 11.3 Å². The number of hydrogen-bond donors (Lipinski definition) is 1. The Hall–Kier alpha value is -2.76. The number of rotatable bonds is 8. The van der Waals surface area contributed by atoms with Crippen LogP contribution in [0, 0.1) is 0 Å². The Morgan fingerprint density at radius 2 is 1.93 bits per heavy atom. The maximum Gasteiger partial charge on any atom is 0.0983 e. The number of hydrogen-bond acceptors (Lipinski definition) is 4. The van der Waals surface area contributed by atoms with Gasteiger partial charge in [0.15, 0.2) is 0 Å². The van der Waals surface area contributed by atoms with Crippen molar-refractivity contribution in [2.24, 2.45) is 0 Å². The molecule has 0 aliphatic carbocycles. The average Bonchev–Trinajstić information content (AvgIpc) is 3.37. The molecule has 0 atom stereocenters. The van der Waals surface area contributed by atoms with Crippen molar-refractivity contribution in [2.45, 2.75) is 19.5 Å². The van der Waals surface area contributed by atoms with Crippen LogP contribution in [0.3, 0.4) is 0 Å². The Kier molecular flexibility index (Phi) is 5.72. The molecule has 27 heavy (non-hydrogen) atoms. The predicted molar refractivity (Wildman–Crippen MR) is 111 cm³/mol. The van der Waals surface area contributed by atoms with Gasteiger partial charge >= 0.3 is 0 Å². The van der Waals surface area contributed by atoms with Gasteiger partial charge in [-0.05, 0) is 35.6 Å². The lowest BCUT2D eigenvalue weighted by Gasteiger charge is -2.04. The molecule has 0 bridgehead atoms. The van der Waals surface area contributed by atoms with Crippen LogP contribution in [0.1, 0.15) is 16.0 Å².